The first-order valence-corrected chi connectivity index (χ1v) is 6.82. The minimum atomic E-state index is -0.976. The van der Waals surface area contributed by atoms with E-state index in [1.807, 2.05) is 0 Å². The number of hydrogen-bond donors (Lipinski definition) is 1. The van der Waals surface area contributed by atoms with Gasteiger partial charge >= 0.3 is 5.97 Å². The van der Waals surface area contributed by atoms with Gasteiger partial charge in [-0.3, -0.25) is 9.59 Å². The minimum Gasteiger partial charge on any atom is -0.482 e. The molecule has 0 heterocycles. The van der Waals surface area contributed by atoms with Gasteiger partial charge in [-0.2, -0.15) is 0 Å². The van der Waals surface area contributed by atoms with Crippen LogP contribution in [0, 0.1) is 5.82 Å². The molecule has 1 atom stereocenters. The van der Waals surface area contributed by atoms with Gasteiger partial charge in [-0.05, 0) is 32.0 Å². The lowest BCUT2D eigenvalue weighted by atomic mass is 10.2. The number of carbonyl (C=O) groups is 2. The molecule has 1 aromatic carbocycles. The molecule has 0 spiro atoms. The van der Waals surface area contributed by atoms with E-state index in [2.05, 4.69) is 0 Å². The molecule has 0 aliphatic carbocycles. The van der Waals surface area contributed by atoms with Crippen LogP contribution in [0.5, 0.6) is 5.75 Å². The monoisotopic (exact) mass is 317 g/mol. The molecule has 7 heteroatoms. The summed E-state index contributed by atoms with van der Waals surface area (Å²) in [5.74, 6) is -1.62. The Morgan fingerprint density at radius 2 is 2.14 bits per heavy atom. The van der Waals surface area contributed by atoms with Gasteiger partial charge in [-0.15, -0.1) is 0 Å². The Kier molecular flexibility index (Phi) is 6.42. The number of aliphatic carboxylic acids is 1. The van der Waals surface area contributed by atoms with Gasteiger partial charge < -0.3 is 14.7 Å². The maximum absolute atomic E-state index is 12.9. The van der Waals surface area contributed by atoms with Crippen molar-refractivity contribution in [1.82, 2.24) is 4.90 Å². The number of carboxylic acid groups (broad SMARTS) is 1. The molecule has 0 radical (unpaired) electrons. The lowest BCUT2D eigenvalue weighted by molar-refractivity contribution is -0.141. The van der Waals surface area contributed by atoms with Crippen molar-refractivity contribution in [2.24, 2.45) is 0 Å². The van der Waals surface area contributed by atoms with Crippen LogP contribution in [0.3, 0.4) is 0 Å². The summed E-state index contributed by atoms with van der Waals surface area (Å²) in [7, 11) is 0. The number of rotatable bonds is 7. The first-order chi connectivity index (χ1) is 9.85. The summed E-state index contributed by atoms with van der Waals surface area (Å²) in [6.45, 7) is 3.48. The van der Waals surface area contributed by atoms with Crippen molar-refractivity contribution < 1.29 is 23.8 Å². The molecule has 116 valence electrons. The summed E-state index contributed by atoms with van der Waals surface area (Å²) in [5.41, 5.74) is 0. The highest BCUT2D eigenvalue weighted by Gasteiger charge is 2.21. The maximum Gasteiger partial charge on any atom is 0.305 e. The molecule has 0 saturated carbocycles. The normalized spacial score (nSPS) is 11.8. The second kappa shape index (κ2) is 7.83. The number of halogens is 2. The fraction of sp³-hybridized carbons (Fsp3) is 0.429. The SMILES string of the molecule is CCN(C(=O)COc1ccc(F)cc1Cl)C(C)CC(=O)O. The summed E-state index contributed by atoms with van der Waals surface area (Å²) in [5, 5.41) is 8.83. The van der Waals surface area contributed by atoms with Gasteiger partial charge in [-0.1, -0.05) is 11.6 Å². The molecular weight excluding hydrogens is 301 g/mol. The number of amides is 1. The van der Waals surface area contributed by atoms with Crippen molar-refractivity contribution in [2.45, 2.75) is 26.3 Å². The van der Waals surface area contributed by atoms with Crippen LogP contribution in [-0.4, -0.2) is 41.1 Å². The molecule has 1 rings (SSSR count). The van der Waals surface area contributed by atoms with Crippen molar-refractivity contribution in [3.05, 3.63) is 29.0 Å². The molecule has 0 bridgehead atoms. The van der Waals surface area contributed by atoms with E-state index in [4.69, 9.17) is 21.4 Å². The average Bonchev–Trinajstić information content (AvgIpc) is 2.37. The molecule has 1 aromatic rings. The van der Waals surface area contributed by atoms with Crippen molar-refractivity contribution in [3.8, 4) is 5.75 Å². The van der Waals surface area contributed by atoms with Gasteiger partial charge in [0.2, 0.25) is 0 Å². The third kappa shape index (κ3) is 5.23. The Morgan fingerprint density at radius 3 is 2.67 bits per heavy atom. The number of benzene rings is 1. The zero-order valence-corrected chi connectivity index (χ0v) is 12.6. The van der Waals surface area contributed by atoms with E-state index in [-0.39, 0.29) is 29.7 Å². The van der Waals surface area contributed by atoms with Crippen LogP contribution in [-0.2, 0) is 9.59 Å². The zero-order chi connectivity index (χ0) is 16.0. The summed E-state index contributed by atoms with van der Waals surface area (Å²) in [4.78, 5) is 24.1. The fourth-order valence-electron chi connectivity index (χ4n) is 1.91. The lowest BCUT2D eigenvalue weighted by Gasteiger charge is -2.27. The summed E-state index contributed by atoms with van der Waals surface area (Å²) >= 11 is 5.79. The predicted octanol–water partition coefficient (Wildman–Crippen LogP) is 2.57. The molecule has 0 aromatic heterocycles. The van der Waals surface area contributed by atoms with Gasteiger partial charge in [0.25, 0.3) is 5.91 Å². The first-order valence-electron chi connectivity index (χ1n) is 6.44. The maximum atomic E-state index is 12.9. The van der Waals surface area contributed by atoms with Gasteiger partial charge in [0.05, 0.1) is 11.4 Å². The predicted molar refractivity (Wildman–Crippen MR) is 76.0 cm³/mol. The van der Waals surface area contributed by atoms with Gasteiger partial charge in [0.1, 0.15) is 11.6 Å². The fourth-order valence-corrected chi connectivity index (χ4v) is 2.13. The number of hydrogen-bond acceptors (Lipinski definition) is 3. The van der Waals surface area contributed by atoms with Gasteiger partial charge in [0, 0.05) is 12.6 Å². The van der Waals surface area contributed by atoms with E-state index in [9.17, 15) is 14.0 Å². The number of carbonyl (C=O) groups excluding carboxylic acids is 1. The molecule has 0 saturated heterocycles. The smallest absolute Gasteiger partial charge is 0.305 e. The quantitative estimate of drug-likeness (QED) is 0.839. The van der Waals surface area contributed by atoms with E-state index < -0.39 is 17.8 Å². The second-order valence-electron chi connectivity index (χ2n) is 4.49. The third-order valence-electron chi connectivity index (χ3n) is 2.91. The van der Waals surface area contributed by atoms with Crippen LogP contribution in [0.1, 0.15) is 20.3 Å². The van der Waals surface area contributed by atoms with E-state index in [0.717, 1.165) is 6.07 Å². The Labute approximate surface area is 127 Å². The molecule has 0 aliphatic rings. The summed E-state index contributed by atoms with van der Waals surface area (Å²) in [6.07, 6.45) is -0.142. The van der Waals surface area contributed by atoms with E-state index >= 15 is 0 Å². The number of likely N-dealkylation sites (N-methyl/N-ethyl adjacent to an activating group) is 1. The largest absolute Gasteiger partial charge is 0.482 e. The average molecular weight is 318 g/mol. The highest BCUT2D eigenvalue weighted by molar-refractivity contribution is 6.32. The van der Waals surface area contributed by atoms with Crippen LogP contribution < -0.4 is 4.74 Å². The number of nitrogens with zero attached hydrogens (tertiary/aromatic N) is 1. The van der Waals surface area contributed by atoms with Gasteiger partial charge in [-0.25, -0.2) is 4.39 Å². The molecular formula is C14H17ClFNO4. The summed E-state index contributed by atoms with van der Waals surface area (Å²) < 4.78 is 18.1. The van der Waals surface area contributed by atoms with Crippen molar-refractivity contribution in [1.29, 1.82) is 0 Å². The molecule has 1 N–H and O–H groups in total. The lowest BCUT2D eigenvalue weighted by Crippen LogP contribution is -2.42. The zero-order valence-electron chi connectivity index (χ0n) is 11.8. The minimum absolute atomic E-state index is 0.0735. The van der Waals surface area contributed by atoms with E-state index in [0.29, 0.717) is 6.54 Å². The van der Waals surface area contributed by atoms with Crippen LogP contribution in [0.25, 0.3) is 0 Å². The Bertz CT molecular complexity index is 524. The van der Waals surface area contributed by atoms with Crippen LogP contribution in [0.2, 0.25) is 5.02 Å². The molecule has 5 nitrogen and oxygen atoms in total. The van der Waals surface area contributed by atoms with Crippen molar-refractivity contribution >= 4 is 23.5 Å². The highest BCUT2D eigenvalue weighted by Crippen LogP contribution is 2.24. The molecule has 1 amide bonds. The molecule has 21 heavy (non-hydrogen) atoms. The second-order valence-corrected chi connectivity index (χ2v) is 4.90. The summed E-state index contributed by atoms with van der Waals surface area (Å²) in [6, 6.07) is 3.16. The Morgan fingerprint density at radius 1 is 1.48 bits per heavy atom. The third-order valence-corrected chi connectivity index (χ3v) is 3.20. The van der Waals surface area contributed by atoms with Crippen molar-refractivity contribution in [2.75, 3.05) is 13.2 Å². The number of ether oxygens (including phenoxy) is 1. The highest BCUT2D eigenvalue weighted by atomic mass is 35.5. The Hall–Kier alpha value is -1.82. The van der Waals surface area contributed by atoms with E-state index in [1.54, 1.807) is 13.8 Å². The standard InChI is InChI=1S/C14H17ClFNO4/c1-3-17(9(2)6-14(19)20)13(18)8-21-12-5-4-10(16)7-11(12)15/h4-5,7,9H,3,6,8H2,1-2H3,(H,19,20). The van der Waals surface area contributed by atoms with Crippen molar-refractivity contribution in [3.63, 3.8) is 0 Å². The topological polar surface area (TPSA) is 66.8 Å². The first kappa shape index (κ1) is 17.2. The van der Waals surface area contributed by atoms with Crippen LogP contribution in [0.15, 0.2) is 18.2 Å². The van der Waals surface area contributed by atoms with Crippen LogP contribution in [0.4, 0.5) is 4.39 Å². The molecule has 1 unspecified atom stereocenters. The van der Waals surface area contributed by atoms with Crippen LogP contribution >= 0.6 is 11.6 Å². The van der Waals surface area contributed by atoms with E-state index in [1.165, 1.54) is 17.0 Å². The van der Waals surface area contributed by atoms with Gasteiger partial charge in [0.15, 0.2) is 6.61 Å². The molecule has 0 fully saturated rings. The molecule has 0 aliphatic heterocycles. The Balaban J connectivity index is 2.64. The number of carboxylic acids is 1.